The number of phenolic OH excluding ortho intramolecular Hbond substituents is 1. The van der Waals surface area contributed by atoms with Crippen molar-refractivity contribution in [2.75, 3.05) is 7.11 Å². The molecule has 0 aliphatic rings. The SMILES string of the molecule is COc1ccc(Oc2ccc(O)c(C(F)(F)F)c2)cc1. The minimum atomic E-state index is -4.64. The van der Waals surface area contributed by atoms with Crippen LogP contribution < -0.4 is 9.47 Å². The summed E-state index contributed by atoms with van der Waals surface area (Å²) < 4.78 is 48.2. The maximum absolute atomic E-state index is 12.6. The second kappa shape index (κ2) is 5.32. The fourth-order valence-electron chi connectivity index (χ4n) is 1.59. The number of rotatable bonds is 3. The molecule has 0 bridgehead atoms. The number of halogens is 3. The molecule has 20 heavy (non-hydrogen) atoms. The first-order valence-electron chi connectivity index (χ1n) is 5.62. The summed E-state index contributed by atoms with van der Waals surface area (Å²) in [4.78, 5) is 0. The summed E-state index contributed by atoms with van der Waals surface area (Å²) in [5.41, 5.74) is -1.14. The lowest BCUT2D eigenvalue weighted by molar-refractivity contribution is -0.138. The molecule has 6 heteroatoms. The zero-order valence-corrected chi connectivity index (χ0v) is 10.4. The van der Waals surface area contributed by atoms with Gasteiger partial charge in [-0.25, -0.2) is 0 Å². The summed E-state index contributed by atoms with van der Waals surface area (Å²) in [6.07, 6.45) is -4.64. The Morgan fingerprint density at radius 2 is 1.45 bits per heavy atom. The van der Waals surface area contributed by atoms with Crippen molar-refractivity contribution in [3.8, 4) is 23.0 Å². The van der Waals surface area contributed by atoms with E-state index in [1.807, 2.05) is 0 Å². The maximum Gasteiger partial charge on any atom is 0.420 e. The predicted molar refractivity (Wildman–Crippen MR) is 66.2 cm³/mol. The molecule has 0 radical (unpaired) electrons. The number of alkyl halides is 3. The van der Waals surface area contributed by atoms with Crippen LogP contribution in [0.1, 0.15) is 5.56 Å². The van der Waals surface area contributed by atoms with E-state index in [0.29, 0.717) is 11.5 Å². The molecule has 0 fully saturated rings. The molecule has 0 saturated heterocycles. The molecule has 2 aromatic rings. The summed E-state index contributed by atoms with van der Waals surface area (Å²) >= 11 is 0. The van der Waals surface area contributed by atoms with E-state index in [0.717, 1.165) is 12.1 Å². The molecule has 106 valence electrons. The maximum atomic E-state index is 12.6. The van der Waals surface area contributed by atoms with Crippen molar-refractivity contribution in [1.29, 1.82) is 0 Å². The third-order valence-corrected chi connectivity index (χ3v) is 2.57. The van der Waals surface area contributed by atoms with Crippen LogP contribution in [0.15, 0.2) is 42.5 Å². The van der Waals surface area contributed by atoms with E-state index in [9.17, 15) is 18.3 Å². The van der Waals surface area contributed by atoms with E-state index < -0.39 is 17.5 Å². The lowest BCUT2D eigenvalue weighted by Crippen LogP contribution is -2.05. The van der Waals surface area contributed by atoms with E-state index in [1.165, 1.54) is 13.2 Å². The third kappa shape index (κ3) is 3.14. The van der Waals surface area contributed by atoms with Crippen LogP contribution in [-0.2, 0) is 6.18 Å². The van der Waals surface area contributed by atoms with Crippen molar-refractivity contribution >= 4 is 0 Å². The normalized spacial score (nSPS) is 11.2. The quantitative estimate of drug-likeness (QED) is 0.917. The monoisotopic (exact) mass is 284 g/mol. The van der Waals surface area contributed by atoms with Gasteiger partial charge in [-0.3, -0.25) is 0 Å². The predicted octanol–water partition coefficient (Wildman–Crippen LogP) is 4.21. The summed E-state index contributed by atoms with van der Waals surface area (Å²) in [5, 5.41) is 9.21. The average molecular weight is 284 g/mol. The molecule has 0 spiro atoms. The second-order valence-electron chi connectivity index (χ2n) is 3.95. The molecule has 0 aromatic heterocycles. The number of benzene rings is 2. The Hall–Kier alpha value is -2.37. The molecule has 0 atom stereocenters. The minimum absolute atomic E-state index is 0.0136. The van der Waals surface area contributed by atoms with E-state index in [1.54, 1.807) is 24.3 Å². The number of ether oxygens (including phenoxy) is 2. The van der Waals surface area contributed by atoms with Gasteiger partial charge in [0.1, 0.15) is 28.6 Å². The van der Waals surface area contributed by atoms with Crippen molar-refractivity contribution < 1.29 is 27.8 Å². The van der Waals surface area contributed by atoms with Gasteiger partial charge in [-0.2, -0.15) is 13.2 Å². The van der Waals surface area contributed by atoms with E-state index in [-0.39, 0.29) is 5.75 Å². The van der Waals surface area contributed by atoms with Crippen molar-refractivity contribution in [1.82, 2.24) is 0 Å². The molecular formula is C14H11F3O3. The Morgan fingerprint density at radius 1 is 0.900 bits per heavy atom. The van der Waals surface area contributed by atoms with E-state index in [2.05, 4.69) is 0 Å². The number of methoxy groups -OCH3 is 1. The van der Waals surface area contributed by atoms with Gasteiger partial charge in [0.05, 0.1) is 7.11 Å². The van der Waals surface area contributed by atoms with Gasteiger partial charge in [-0.05, 0) is 42.5 Å². The molecule has 0 unspecified atom stereocenters. The van der Waals surface area contributed by atoms with Gasteiger partial charge in [0, 0.05) is 0 Å². The van der Waals surface area contributed by atoms with Gasteiger partial charge in [0.25, 0.3) is 0 Å². The van der Waals surface area contributed by atoms with E-state index >= 15 is 0 Å². The molecule has 0 saturated carbocycles. The molecule has 0 amide bonds. The molecule has 0 aliphatic heterocycles. The summed E-state index contributed by atoms with van der Waals surface area (Å²) in [6.45, 7) is 0. The lowest BCUT2D eigenvalue weighted by Gasteiger charge is -2.12. The van der Waals surface area contributed by atoms with Gasteiger partial charge in [-0.15, -0.1) is 0 Å². The third-order valence-electron chi connectivity index (χ3n) is 2.57. The number of aromatic hydroxyl groups is 1. The number of hydrogen-bond donors (Lipinski definition) is 1. The highest BCUT2D eigenvalue weighted by Gasteiger charge is 2.34. The van der Waals surface area contributed by atoms with Gasteiger partial charge in [0.2, 0.25) is 0 Å². The van der Waals surface area contributed by atoms with E-state index in [4.69, 9.17) is 9.47 Å². The van der Waals surface area contributed by atoms with Crippen LogP contribution in [0.5, 0.6) is 23.0 Å². The second-order valence-corrected chi connectivity index (χ2v) is 3.95. The molecule has 2 rings (SSSR count). The fraction of sp³-hybridized carbons (Fsp3) is 0.143. The first kappa shape index (κ1) is 14.0. The Kier molecular flexibility index (Phi) is 3.74. The first-order chi connectivity index (χ1) is 9.40. The Balaban J connectivity index is 2.25. The highest BCUT2D eigenvalue weighted by atomic mass is 19.4. The average Bonchev–Trinajstić information content (AvgIpc) is 2.40. The van der Waals surface area contributed by atoms with Crippen LogP contribution in [-0.4, -0.2) is 12.2 Å². The minimum Gasteiger partial charge on any atom is -0.507 e. The van der Waals surface area contributed by atoms with Gasteiger partial charge in [-0.1, -0.05) is 0 Å². The largest absolute Gasteiger partial charge is 0.507 e. The molecular weight excluding hydrogens is 273 g/mol. The topological polar surface area (TPSA) is 38.7 Å². The smallest absolute Gasteiger partial charge is 0.420 e. The van der Waals surface area contributed by atoms with Crippen molar-refractivity contribution in [2.24, 2.45) is 0 Å². The molecule has 1 N–H and O–H groups in total. The Labute approximate surface area is 113 Å². The van der Waals surface area contributed by atoms with Gasteiger partial charge in [0.15, 0.2) is 0 Å². The zero-order chi connectivity index (χ0) is 14.8. The zero-order valence-electron chi connectivity index (χ0n) is 10.4. The van der Waals surface area contributed by atoms with Crippen LogP contribution in [0.2, 0.25) is 0 Å². The molecule has 2 aromatic carbocycles. The summed E-state index contributed by atoms with van der Waals surface area (Å²) in [7, 11) is 1.51. The molecule has 0 heterocycles. The fourth-order valence-corrected chi connectivity index (χ4v) is 1.59. The van der Waals surface area contributed by atoms with Crippen LogP contribution in [0, 0.1) is 0 Å². The number of phenols is 1. The molecule has 0 aliphatic carbocycles. The van der Waals surface area contributed by atoms with Crippen LogP contribution in [0.4, 0.5) is 13.2 Å². The van der Waals surface area contributed by atoms with Crippen molar-refractivity contribution in [3.05, 3.63) is 48.0 Å². The van der Waals surface area contributed by atoms with Crippen LogP contribution in [0.3, 0.4) is 0 Å². The van der Waals surface area contributed by atoms with Crippen LogP contribution in [0.25, 0.3) is 0 Å². The highest BCUT2D eigenvalue weighted by molar-refractivity contribution is 5.43. The standard InChI is InChI=1S/C14H11F3O3/c1-19-9-2-4-10(5-3-9)20-11-6-7-13(18)12(8-11)14(15,16)17/h2-8,18H,1H3. The Bertz CT molecular complexity index is 592. The molecule has 3 nitrogen and oxygen atoms in total. The highest BCUT2D eigenvalue weighted by Crippen LogP contribution is 2.38. The lowest BCUT2D eigenvalue weighted by atomic mass is 10.2. The number of hydrogen-bond acceptors (Lipinski definition) is 3. The van der Waals surface area contributed by atoms with Gasteiger partial charge < -0.3 is 14.6 Å². The van der Waals surface area contributed by atoms with Crippen molar-refractivity contribution in [3.63, 3.8) is 0 Å². The van der Waals surface area contributed by atoms with Gasteiger partial charge >= 0.3 is 6.18 Å². The Morgan fingerprint density at radius 3 is 2.00 bits per heavy atom. The first-order valence-corrected chi connectivity index (χ1v) is 5.62. The van der Waals surface area contributed by atoms with Crippen LogP contribution >= 0.6 is 0 Å². The summed E-state index contributed by atoms with van der Waals surface area (Å²) in [6, 6.07) is 9.34. The van der Waals surface area contributed by atoms with Crippen molar-refractivity contribution in [2.45, 2.75) is 6.18 Å². The summed E-state index contributed by atoms with van der Waals surface area (Å²) in [5.74, 6) is 0.128.